The predicted molar refractivity (Wildman–Crippen MR) is 162 cm³/mol. The zero-order valence-corrected chi connectivity index (χ0v) is 24.9. The molecule has 5 rings (SSSR count). The molecule has 0 amide bonds. The SMILES string of the molecule is C=CC(=O)C[C@H]1COC[C@H]1Nc1cc2c(N3CCC(C)(O)CC3)nc(-c3c(Cl)c(OC)cc(OC)c3Cl)cc2cn1. The number of pyridine rings is 2. The van der Waals surface area contributed by atoms with Crippen molar-refractivity contribution in [3.8, 4) is 22.8 Å². The first kappa shape index (κ1) is 29.4. The maximum absolute atomic E-state index is 12.0. The lowest BCUT2D eigenvalue weighted by atomic mass is 9.93. The zero-order valence-electron chi connectivity index (χ0n) is 23.4. The van der Waals surface area contributed by atoms with Crippen LogP contribution in [0.25, 0.3) is 22.0 Å². The summed E-state index contributed by atoms with van der Waals surface area (Å²) in [7, 11) is 3.06. The first-order chi connectivity index (χ1) is 19.6. The van der Waals surface area contributed by atoms with Gasteiger partial charge in [-0.15, -0.1) is 0 Å². The van der Waals surface area contributed by atoms with Gasteiger partial charge in [0.25, 0.3) is 0 Å². The summed E-state index contributed by atoms with van der Waals surface area (Å²) in [6.07, 6.45) is 4.70. The number of anilines is 2. The Hall–Kier alpha value is -3.11. The van der Waals surface area contributed by atoms with Gasteiger partial charge < -0.3 is 29.5 Å². The summed E-state index contributed by atoms with van der Waals surface area (Å²) in [6, 6.07) is 5.44. The topological polar surface area (TPSA) is 106 Å². The van der Waals surface area contributed by atoms with Crippen LogP contribution >= 0.6 is 23.2 Å². The number of nitrogens with one attached hydrogen (secondary N) is 1. The van der Waals surface area contributed by atoms with Crippen LogP contribution in [0.3, 0.4) is 0 Å². The molecule has 2 aromatic heterocycles. The highest BCUT2D eigenvalue weighted by Gasteiger charge is 2.32. The van der Waals surface area contributed by atoms with Crippen molar-refractivity contribution < 1.29 is 24.1 Å². The third-order valence-electron chi connectivity index (χ3n) is 7.89. The van der Waals surface area contributed by atoms with Crippen LogP contribution in [0.15, 0.2) is 37.1 Å². The molecule has 0 bridgehead atoms. The minimum atomic E-state index is -0.731. The number of carbonyl (C=O) groups is 1. The molecule has 3 aromatic rings. The first-order valence-corrected chi connectivity index (χ1v) is 14.3. The van der Waals surface area contributed by atoms with E-state index in [-0.39, 0.29) is 17.7 Å². The molecule has 218 valence electrons. The summed E-state index contributed by atoms with van der Waals surface area (Å²) in [5.41, 5.74) is 0.314. The van der Waals surface area contributed by atoms with Gasteiger partial charge in [-0.3, -0.25) is 4.79 Å². The molecule has 9 nitrogen and oxygen atoms in total. The number of aliphatic hydroxyl groups is 1. The Balaban J connectivity index is 1.59. The van der Waals surface area contributed by atoms with E-state index in [0.717, 1.165) is 16.6 Å². The standard InChI is InChI=1S/C30H34Cl2N4O5/c1-5-19(37)10-18-15-41-16-22(18)34-25-12-20-17(14-33-25)11-21(35-29(20)36-8-6-30(2,38)7-9-36)26-27(31)23(39-3)13-24(40-4)28(26)32/h5,11-14,18,22,38H,1,6-10,15-16H2,2-4H3,(H,33,34)/t18-,22+/m0/s1. The summed E-state index contributed by atoms with van der Waals surface area (Å²) >= 11 is 13.5. The number of methoxy groups -OCH3 is 2. The van der Waals surface area contributed by atoms with E-state index in [1.165, 1.54) is 20.3 Å². The second-order valence-corrected chi connectivity index (χ2v) is 11.6. The smallest absolute Gasteiger partial charge is 0.155 e. The fourth-order valence-electron chi connectivity index (χ4n) is 5.38. The van der Waals surface area contributed by atoms with Crippen molar-refractivity contribution in [1.29, 1.82) is 0 Å². The molecule has 2 atom stereocenters. The lowest BCUT2D eigenvalue weighted by Crippen LogP contribution is -2.42. The molecule has 0 radical (unpaired) electrons. The Labute approximate surface area is 249 Å². The summed E-state index contributed by atoms with van der Waals surface area (Å²) < 4.78 is 16.6. The summed E-state index contributed by atoms with van der Waals surface area (Å²) in [5.74, 6) is 2.24. The van der Waals surface area contributed by atoms with E-state index < -0.39 is 5.60 Å². The van der Waals surface area contributed by atoms with Crippen LogP contribution < -0.4 is 19.7 Å². The lowest BCUT2D eigenvalue weighted by Gasteiger charge is -2.37. The zero-order chi connectivity index (χ0) is 29.3. The molecule has 0 saturated carbocycles. The second kappa shape index (κ2) is 12.0. The molecule has 2 aliphatic heterocycles. The Morgan fingerprint density at radius 3 is 2.51 bits per heavy atom. The quantitative estimate of drug-likeness (QED) is 0.306. The third-order valence-corrected chi connectivity index (χ3v) is 8.64. The highest BCUT2D eigenvalue weighted by atomic mass is 35.5. The normalized spacial score (nSPS) is 20.2. The lowest BCUT2D eigenvalue weighted by molar-refractivity contribution is -0.115. The van der Waals surface area contributed by atoms with Gasteiger partial charge in [0.1, 0.15) is 23.1 Å². The van der Waals surface area contributed by atoms with Gasteiger partial charge in [-0.25, -0.2) is 9.97 Å². The van der Waals surface area contributed by atoms with Crippen molar-refractivity contribution >= 4 is 51.4 Å². The van der Waals surface area contributed by atoms with E-state index in [2.05, 4.69) is 21.8 Å². The monoisotopic (exact) mass is 600 g/mol. The van der Waals surface area contributed by atoms with Gasteiger partial charge in [-0.2, -0.15) is 0 Å². The molecule has 0 unspecified atom stereocenters. The van der Waals surface area contributed by atoms with E-state index >= 15 is 0 Å². The Morgan fingerprint density at radius 1 is 1.20 bits per heavy atom. The van der Waals surface area contributed by atoms with Crippen LogP contribution in [-0.4, -0.2) is 73.0 Å². The van der Waals surface area contributed by atoms with Gasteiger partial charge >= 0.3 is 0 Å². The highest BCUT2D eigenvalue weighted by molar-refractivity contribution is 6.41. The Morgan fingerprint density at radius 2 is 1.88 bits per heavy atom. The van der Waals surface area contributed by atoms with Crippen LogP contribution in [-0.2, 0) is 9.53 Å². The molecule has 2 aliphatic rings. The number of benzene rings is 1. The Bertz CT molecular complexity index is 1440. The van der Waals surface area contributed by atoms with E-state index in [1.54, 1.807) is 12.3 Å². The van der Waals surface area contributed by atoms with Crippen LogP contribution in [0.5, 0.6) is 11.5 Å². The number of nitrogens with zero attached hydrogens (tertiary/aromatic N) is 3. The van der Waals surface area contributed by atoms with Crippen LogP contribution in [0.4, 0.5) is 11.6 Å². The van der Waals surface area contributed by atoms with E-state index in [1.807, 2.05) is 19.1 Å². The van der Waals surface area contributed by atoms with Gasteiger partial charge in [0.05, 0.1) is 54.8 Å². The number of halogens is 2. The van der Waals surface area contributed by atoms with Gasteiger partial charge in [0, 0.05) is 54.0 Å². The molecular formula is C30H34Cl2N4O5. The number of hydrogen-bond donors (Lipinski definition) is 2. The largest absolute Gasteiger partial charge is 0.495 e. The van der Waals surface area contributed by atoms with Crippen molar-refractivity contribution in [2.45, 2.75) is 37.8 Å². The molecule has 0 spiro atoms. The molecule has 11 heteroatoms. The maximum Gasteiger partial charge on any atom is 0.155 e. The van der Waals surface area contributed by atoms with Crippen molar-refractivity contribution in [2.75, 3.05) is 50.7 Å². The van der Waals surface area contributed by atoms with Crippen molar-refractivity contribution in [3.63, 3.8) is 0 Å². The molecule has 2 N–H and O–H groups in total. The van der Waals surface area contributed by atoms with Crippen molar-refractivity contribution in [1.82, 2.24) is 9.97 Å². The summed E-state index contributed by atoms with van der Waals surface area (Å²) in [5, 5.41) is 16.4. The fourth-order valence-corrected chi connectivity index (χ4v) is 6.07. The Kier molecular flexibility index (Phi) is 8.61. The minimum Gasteiger partial charge on any atom is -0.495 e. The molecule has 2 fully saturated rings. The number of hydrogen-bond acceptors (Lipinski definition) is 9. The average Bonchev–Trinajstić information content (AvgIpc) is 3.39. The molecular weight excluding hydrogens is 567 g/mol. The van der Waals surface area contributed by atoms with Gasteiger partial charge in [0.2, 0.25) is 0 Å². The number of rotatable bonds is 9. The number of ether oxygens (including phenoxy) is 3. The molecule has 1 aromatic carbocycles. The maximum atomic E-state index is 12.0. The van der Waals surface area contributed by atoms with Gasteiger partial charge in [0.15, 0.2) is 5.78 Å². The van der Waals surface area contributed by atoms with Crippen molar-refractivity contribution in [3.05, 3.63) is 47.1 Å². The minimum absolute atomic E-state index is 0.00902. The van der Waals surface area contributed by atoms with E-state index in [9.17, 15) is 9.90 Å². The van der Waals surface area contributed by atoms with E-state index in [4.69, 9.17) is 42.4 Å². The third kappa shape index (κ3) is 6.09. The summed E-state index contributed by atoms with van der Waals surface area (Å²) in [4.78, 5) is 23.9. The molecule has 0 aliphatic carbocycles. The number of piperidine rings is 1. The number of fused-ring (bicyclic) bond motifs is 1. The number of ketones is 1. The number of carbonyl (C=O) groups excluding carboxylic acids is 1. The number of aromatic nitrogens is 2. The molecule has 4 heterocycles. The number of allylic oxidation sites excluding steroid dienone is 1. The van der Waals surface area contributed by atoms with Crippen molar-refractivity contribution in [2.24, 2.45) is 5.92 Å². The van der Waals surface area contributed by atoms with Crippen LogP contribution in [0, 0.1) is 5.92 Å². The highest BCUT2D eigenvalue weighted by Crippen LogP contribution is 2.47. The van der Waals surface area contributed by atoms with Gasteiger partial charge in [-0.1, -0.05) is 29.8 Å². The average molecular weight is 602 g/mol. The molecule has 41 heavy (non-hydrogen) atoms. The van der Waals surface area contributed by atoms with E-state index in [0.29, 0.717) is 84.2 Å². The second-order valence-electron chi connectivity index (χ2n) is 10.8. The predicted octanol–water partition coefficient (Wildman–Crippen LogP) is 5.54. The fraction of sp³-hybridized carbons (Fsp3) is 0.433. The first-order valence-electron chi connectivity index (χ1n) is 13.5. The van der Waals surface area contributed by atoms with Crippen LogP contribution in [0.1, 0.15) is 26.2 Å². The van der Waals surface area contributed by atoms with Crippen LogP contribution in [0.2, 0.25) is 10.0 Å². The molecule has 2 saturated heterocycles. The summed E-state index contributed by atoms with van der Waals surface area (Å²) in [6.45, 7) is 7.67. The van der Waals surface area contributed by atoms with Gasteiger partial charge in [-0.05, 0) is 38.0 Å².